The predicted octanol–water partition coefficient (Wildman–Crippen LogP) is 7.32. The van der Waals surface area contributed by atoms with Crippen LogP contribution in [0.15, 0.2) is 11.6 Å². The molecule has 4 rings (SSSR count). The summed E-state index contributed by atoms with van der Waals surface area (Å²) in [6, 6.07) is 0. The molecule has 3 saturated carbocycles. The molecule has 4 aliphatic rings. The summed E-state index contributed by atoms with van der Waals surface area (Å²) in [5.41, 5.74) is 1.73. The minimum Gasteiger partial charge on any atom is -0.461 e. The fourth-order valence-electron chi connectivity index (χ4n) is 9.11. The van der Waals surface area contributed by atoms with Crippen LogP contribution in [0.4, 0.5) is 0 Å². The van der Waals surface area contributed by atoms with Crippen molar-refractivity contribution >= 4 is 5.97 Å². The highest BCUT2D eigenvalue weighted by Gasteiger charge is 2.61. The molecule has 0 aromatic heterocycles. The van der Waals surface area contributed by atoms with E-state index in [1.54, 1.807) is 0 Å². The summed E-state index contributed by atoms with van der Waals surface area (Å²) in [6.07, 6.45) is 14.3. The molecule has 0 aliphatic heterocycles. The van der Waals surface area contributed by atoms with Gasteiger partial charge in [-0.1, -0.05) is 72.5 Å². The maximum Gasteiger partial charge on any atom is 0.305 e. The Labute approximate surface area is 203 Å². The molecule has 0 spiro atoms. The van der Waals surface area contributed by atoms with Crippen molar-refractivity contribution in [3.8, 4) is 0 Å². The average molecular weight is 459 g/mol. The molecule has 0 heterocycles. The number of aliphatic hydroxyl groups excluding tert-OH is 1. The van der Waals surface area contributed by atoms with Crippen LogP contribution in [0.1, 0.15) is 112 Å². The topological polar surface area (TPSA) is 46.5 Å². The molecular formula is C30H50O3. The van der Waals surface area contributed by atoms with E-state index in [2.05, 4.69) is 40.7 Å². The van der Waals surface area contributed by atoms with Crippen LogP contribution < -0.4 is 0 Å². The number of fused-ring (bicyclic) bond motifs is 5. The van der Waals surface area contributed by atoms with Gasteiger partial charge in [-0.05, 0) is 79.4 Å². The zero-order valence-corrected chi connectivity index (χ0v) is 22.2. The molecule has 3 heteroatoms. The maximum atomic E-state index is 12.3. The van der Waals surface area contributed by atoms with Crippen LogP contribution >= 0.6 is 0 Å². The Kier molecular flexibility index (Phi) is 7.40. The average Bonchev–Trinajstić information content (AvgIpc) is 3.11. The number of ether oxygens (including phenoxy) is 1. The fraction of sp³-hybridized carbons (Fsp3) is 0.900. The zero-order valence-electron chi connectivity index (χ0n) is 22.2. The van der Waals surface area contributed by atoms with Gasteiger partial charge in [0.2, 0.25) is 0 Å². The number of carbonyl (C=O) groups is 1. The minimum absolute atomic E-state index is 0.102. The lowest BCUT2D eigenvalue weighted by molar-refractivity contribution is -0.169. The summed E-state index contributed by atoms with van der Waals surface area (Å²) in [6.45, 7) is 14.1. The van der Waals surface area contributed by atoms with Gasteiger partial charge < -0.3 is 9.84 Å². The van der Waals surface area contributed by atoms with Crippen molar-refractivity contribution in [3.05, 3.63) is 11.6 Å². The smallest absolute Gasteiger partial charge is 0.305 e. The van der Waals surface area contributed by atoms with Crippen molar-refractivity contribution in [1.29, 1.82) is 0 Å². The first-order valence-electron chi connectivity index (χ1n) is 14.2. The van der Waals surface area contributed by atoms with Crippen LogP contribution in [-0.4, -0.2) is 23.3 Å². The number of rotatable bonds is 7. The third kappa shape index (κ3) is 4.45. The van der Waals surface area contributed by atoms with Crippen molar-refractivity contribution in [2.24, 2.45) is 46.3 Å². The Bertz CT molecular complexity index is 741. The molecule has 0 saturated heterocycles. The van der Waals surface area contributed by atoms with Crippen molar-refractivity contribution in [3.63, 3.8) is 0 Å². The summed E-state index contributed by atoms with van der Waals surface area (Å²) in [7, 11) is 0. The summed E-state index contributed by atoms with van der Waals surface area (Å²) in [5.74, 6) is 4.44. The molecule has 1 N–H and O–H groups in total. The van der Waals surface area contributed by atoms with Gasteiger partial charge in [0, 0.05) is 18.3 Å². The number of esters is 1. The highest BCUT2D eigenvalue weighted by atomic mass is 16.5. The number of hydrogen-bond donors (Lipinski definition) is 1. The lowest BCUT2D eigenvalue weighted by atomic mass is 9.46. The maximum absolute atomic E-state index is 12.3. The summed E-state index contributed by atoms with van der Waals surface area (Å²) in [4.78, 5) is 12.3. The molecule has 188 valence electrons. The molecule has 3 nitrogen and oxygen atoms in total. The van der Waals surface area contributed by atoms with Gasteiger partial charge >= 0.3 is 5.97 Å². The summed E-state index contributed by atoms with van der Waals surface area (Å²) < 4.78 is 6.05. The van der Waals surface area contributed by atoms with Gasteiger partial charge in [-0.3, -0.25) is 4.79 Å². The quantitative estimate of drug-likeness (QED) is 0.321. The molecule has 0 amide bonds. The molecule has 0 radical (unpaired) electrons. The Morgan fingerprint density at radius 2 is 1.91 bits per heavy atom. The summed E-state index contributed by atoms with van der Waals surface area (Å²) in [5, 5.41) is 10.6. The van der Waals surface area contributed by atoms with Gasteiger partial charge in [-0.25, -0.2) is 0 Å². The monoisotopic (exact) mass is 458 g/mol. The second-order valence-electron chi connectivity index (χ2n) is 13.1. The Balaban J connectivity index is 1.55. The first kappa shape index (κ1) is 25.3. The zero-order chi connectivity index (χ0) is 24.0. The normalized spacial score (nSPS) is 43.3. The van der Waals surface area contributed by atoms with Crippen LogP contribution in [0.25, 0.3) is 0 Å². The third-order valence-corrected chi connectivity index (χ3v) is 10.9. The van der Waals surface area contributed by atoms with E-state index < -0.39 is 0 Å². The van der Waals surface area contributed by atoms with Crippen molar-refractivity contribution < 1.29 is 14.6 Å². The molecule has 9 atom stereocenters. The SMILES string of the molecule is CCC(=O)OC1C[C@H](O)CC2=CC[C@H]3[C@@H]4CC[C@H]([C@H](C)CCCC(C)C)[C@@]4(C)CC[C@@H]3[C@]21C. The lowest BCUT2D eigenvalue weighted by Gasteiger charge is -2.60. The van der Waals surface area contributed by atoms with E-state index in [1.807, 2.05) is 6.92 Å². The third-order valence-electron chi connectivity index (χ3n) is 10.9. The van der Waals surface area contributed by atoms with Crippen LogP contribution in [0.2, 0.25) is 0 Å². The summed E-state index contributed by atoms with van der Waals surface area (Å²) >= 11 is 0. The van der Waals surface area contributed by atoms with Gasteiger partial charge in [-0.2, -0.15) is 0 Å². The van der Waals surface area contributed by atoms with Crippen molar-refractivity contribution in [1.82, 2.24) is 0 Å². The van der Waals surface area contributed by atoms with Crippen LogP contribution in [0.5, 0.6) is 0 Å². The Morgan fingerprint density at radius 1 is 1.15 bits per heavy atom. The Morgan fingerprint density at radius 3 is 2.61 bits per heavy atom. The number of allylic oxidation sites excluding steroid dienone is 1. The highest BCUT2D eigenvalue weighted by Crippen LogP contribution is 2.67. The van der Waals surface area contributed by atoms with E-state index >= 15 is 0 Å². The van der Waals surface area contributed by atoms with Gasteiger partial charge in [0.25, 0.3) is 0 Å². The van der Waals surface area contributed by atoms with Gasteiger partial charge in [0.05, 0.1) is 6.10 Å². The van der Waals surface area contributed by atoms with E-state index in [4.69, 9.17) is 4.74 Å². The molecule has 33 heavy (non-hydrogen) atoms. The van der Waals surface area contributed by atoms with E-state index in [0.29, 0.717) is 30.1 Å². The molecule has 1 unspecified atom stereocenters. The molecule has 3 fully saturated rings. The minimum atomic E-state index is -0.382. The van der Waals surface area contributed by atoms with Crippen molar-refractivity contribution in [2.75, 3.05) is 0 Å². The molecular weight excluding hydrogens is 408 g/mol. The van der Waals surface area contributed by atoms with E-state index in [1.165, 1.54) is 50.5 Å². The largest absolute Gasteiger partial charge is 0.461 e. The van der Waals surface area contributed by atoms with Gasteiger partial charge in [0.15, 0.2) is 0 Å². The first-order valence-corrected chi connectivity index (χ1v) is 14.2. The van der Waals surface area contributed by atoms with E-state index in [-0.39, 0.29) is 23.6 Å². The van der Waals surface area contributed by atoms with Gasteiger partial charge in [-0.15, -0.1) is 0 Å². The van der Waals surface area contributed by atoms with Gasteiger partial charge in [0.1, 0.15) is 6.10 Å². The molecule has 0 aromatic carbocycles. The number of hydrogen-bond acceptors (Lipinski definition) is 3. The van der Waals surface area contributed by atoms with Crippen LogP contribution in [-0.2, 0) is 9.53 Å². The standard InChI is InChI=1S/C30H50O3/c1-7-28(32)33-27-18-22(31)17-21-11-12-23-25-14-13-24(20(4)10-8-9-19(2)3)29(25,5)16-15-26(23)30(21,27)6/h11,19-20,22-27,31H,7-10,12-18H2,1-6H3/t20-,22-,23+,24-,25+,26+,27?,29-,30+/m1/s1. The predicted molar refractivity (Wildman–Crippen MR) is 135 cm³/mol. The van der Waals surface area contributed by atoms with Crippen LogP contribution in [0.3, 0.4) is 0 Å². The van der Waals surface area contributed by atoms with Crippen LogP contribution in [0, 0.1) is 46.3 Å². The van der Waals surface area contributed by atoms with E-state index in [0.717, 1.165) is 36.5 Å². The second-order valence-corrected chi connectivity index (χ2v) is 13.1. The molecule has 0 aromatic rings. The van der Waals surface area contributed by atoms with E-state index in [9.17, 15) is 9.90 Å². The lowest BCUT2D eigenvalue weighted by Crippen LogP contribution is -2.56. The van der Waals surface area contributed by atoms with Crippen molar-refractivity contribution in [2.45, 2.75) is 124 Å². The first-order chi connectivity index (χ1) is 15.6. The number of aliphatic hydroxyl groups is 1. The second kappa shape index (κ2) is 9.67. The molecule has 4 aliphatic carbocycles. The fourth-order valence-corrected chi connectivity index (χ4v) is 9.11. The highest BCUT2D eigenvalue weighted by molar-refractivity contribution is 5.69. The Hall–Kier alpha value is -0.830. The number of carbonyl (C=O) groups excluding carboxylic acids is 1. The molecule has 0 bridgehead atoms.